The molecule has 0 bridgehead atoms. The van der Waals surface area contributed by atoms with Crippen molar-refractivity contribution >= 4 is 0 Å². The summed E-state index contributed by atoms with van der Waals surface area (Å²) in [5, 5.41) is 9.38. The van der Waals surface area contributed by atoms with Crippen LogP contribution < -0.4 is 14.2 Å². The van der Waals surface area contributed by atoms with Crippen LogP contribution in [0.3, 0.4) is 0 Å². The molecular weight excluding hydrogens is 368 g/mol. The van der Waals surface area contributed by atoms with Gasteiger partial charge in [0.2, 0.25) is 6.79 Å². The molecule has 3 aromatic rings. The van der Waals surface area contributed by atoms with Crippen LogP contribution in [-0.2, 0) is 19.7 Å². The van der Waals surface area contributed by atoms with Crippen LogP contribution in [0.15, 0.2) is 67.0 Å². The zero-order valence-corrected chi connectivity index (χ0v) is 16.2. The molecule has 0 aliphatic carbocycles. The molecule has 29 heavy (non-hydrogen) atoms. The van der Waals surface area contributed by atoms with Crippen molar-refractivity contribution in [2.45, 2.75) is 19.7 Å². The number of aliphatic hydroxyl groups is 1. The van der Waals surface area contributed by atoms with Crippen molar-refractivity contribution in [3.63, 3.8) is 0 Å². The maximum absolute atomic E-state index is 9.38. The number of ether oxygens (including phenoxy) is 3. The fourth-order valence-electron chi connectivity index (χ4n) is 3.25. The Morgan fingerprint density at radius 2 is 1.72 bits per heavy atom. The number of fused-ring (bicyclic) bond motifs is 1. The van der Waals surface area contributed by atoms with Crippen molar-refractivity contribution in [2.24, 2.45) is 0 Å². The van der Waals surface area contributed by atoms with Crippen LogP contribution in [-0.4, -0.2) is 34.9 Å². The van der Waals surface area contributed by atoms with E-state index in [0.29, 0.717) is 13.2 Å². The standard InChI is InChI=1S/C23H24N2O4/c26-11-10-25(15-20-2-1-9-24-13-20)14-18-3-6-21(7-4-18)27-16-19-5-8-22-23(12-19)29-17-28-22/h1-9,12-13,26H,10-11,14-17H2. The van der Waals surface area contributed by atoms with Crippen LogP contribution >= 0.6 is 0 Å². The molecule has 6 heteroatoms. The third-order valence-corrected chi connectivity index (χ3v) is 4.72. The third-order valence-electron chi connectivity index (χ3n) is 4.72. The van der Waals surface area contributed by atoms with Crippen molar-refractivity contribution in [3.05, 3.63) is 83.7 Å². The molecule has 0 unspecified atom stereocenters. The van der Waals surface area contributed by atoms with Gasteiger partial charge in [0.1, 0.15) is 12.4 Å². The first-order valence-electron chi connectivity index (χ1n) is 9.62. The predicted octanol–water partition coefficient (Wildman–Crippen LogP) is 3.38. The largest absolute Gasteiger partial charge is 0.489 e. The van der Waals surface area contributed by atoms with Gasteiger partial charge in [0.25, 0.3) is 0 Å². The fraction of sp³-hybridized carbons (Fsp3) is 0.261. The number of hydrogen-bond donors (Lipinski definition) is 1. The zero-order chi connectivity index (χ0) is 19.9. The van der Waals surface area contributed by atoms with Gasteiger partial charge in [0, 0.05) is 32.0 Å². The Morgan fingerprint density at radius 1 is 0.931 bits per heavy atom. The summed E-state index contributed by atoms with van der Waals surface area (Å²) in [4.78, 5) is 6.35. The molecule has 1 N–H and O–H groups in total. The average Bonchev–Trinajstić information content (AvgIpc) is 3.22. The second-order valence-corrected chi connectivity index (χ2v) is 6.92. The summed E-state index contributed by atoms with van der Waals surface area (Å²) >= 11 is 0. The molecule has 150 valence electrons. The summed E-state index contributed by atoms with van der Waals surface area (Å²) in [6.45, 7) is 2.96. The first kappa shape index (κ1) is 19.2. The molecular formula is C23H24N2O4. The van der Waals surface area contributed by atoms with Crippen LogP contribution in [0.1, 0.15) is 16.7 Å². The Labute approximate surface area is 170 Å². The van der Waals surface area contributed by atoms with E-state index in [1.54, 1.807) is 6.20 Å². The zero-order valence-electron chi connectivity index (χ0n) is 16.2. The second kappa shape index (κ2) is 9.41. The minimum Gasteiger partial charge on any atom is -0.489 e. The smallest absolute Gasteiger partial charge is 0.231 e. The van der Waals surface area contributed by atoms with Gasteiger partial charge < -0.3 is 19.3 Å². The van der Waals surface area contributed by atoms with Gasteiger partial charge >= 0.3 is 0 Å². The van der Waals surface area contributed by atoms with Gasteiger partial charge in [-0.15, -0.1) is 0 Å². The van der Waals surface area contributed by atoms with Gasteiger partial charge in [0.15, 0.2) is 11.5 Å². The number of nitrogens with zero attached hydrogens (tertiary/aromatic N) is 2. The highest BCUT2D eigenvalue weighted by molar-refractivity contribution is 5.44. The topological polar surface area (TPSA) is 64.1 Å². The monoisotopic (exact) mass is 392 g/mol. The normalized spacial score (nSPS) is 12.3. The van der Waals surface area contributed by atoms with Gasteiger partial charge in [-0.05, 0) is 47.0 Å². The van der Waals surface area contributed by atoms with Crippen molar-refractivity contribution in [2.75, 3.05) is 19.9 Å². The van der Waals surface area contributed by atoms with Crippen LogP contribution in [0, 0.1) is 0 Å². The Balaban J connectivity index is 1.33. The van der Waals surface area contributed by atoms with Crippen molar-refractivity contribution in [1.82, 2.24) is 9.88 Å². The fourth-order valence-corrected chi connectivity index (χ4v) is 3.25. The van der Waals surface area contributed by atoms with Gasteiger partial charge in [-0.2, -0.15) is 0 Å². The van der Waals surface area contributed by atoms with Gasteiger partial charge in [0.05, 0.1) is 6.61 Å². The lowest BCUT2D eigenvalue weighted by Crippen LogP contribution is -2.26. The quantitative estimate of drug-likeness (QED) is 0.602. The van der Waals surface area contributed by atoms with Gasteiger partial charge in [-0.1, -0.05) is 24.3 Å². The Morgan fingerprint density at radius 3 is 2.52 bits per heavy atom. The lowest BCUT2D eigenvalue weighted by Gasteiger charge is -2.21. The lowest BCUT2D eigenvalue weighted by molar-refractivity contribution is 0.174. The van der Waals surface area contributed by atoms with Crippen molar-refractivity contribution in [3.8, 4) is 17.2 Å². The first-order chi connectivity index (χ1) is 14.3. The maximum atomic E-state index is 9.38. The molecule has 1 aliphatic heterocycles. The average molecular weight is 392 g/mol. The minimum atomic E-state index is 0.122. The molecule has 1 aromatic heterocycles. The van der Waals surface area contributed by atoms with E-state index in [1.165, 1.54) is 0 Å². The van der Waals surface area contributed by atoms with Crippen LogP contribution in [0.25, 0.3) is 0 Å². The minimum absolute atomic E-state index is 0.122. The number of pyridine rings is 1. The highest BCUT2D eigenvalue weighted by Gasteiger charge is 2.13. The number of rotatable bonds is 9. The number of aromatic nitrogens is 1. The van der Waals surface area contributed by atoms with E-state index in [0.717, 1.165) is 47.0 Å². The Kier molecular flexibility index (Phi) is 6.24. The van der Waals surface area contributed by atoms with E-state index < -0.39 is 0 Å². The van der Waals surface area contributed by atoms with E-state index in [9.17, 15) is 5.11 Å². The number of benzene rings is 2. The summed E-state index contributed by atoms with van der Waals surface area (Å²) < 4.78 is 16.6. The van der Waals surface area contributed by atoms with E-state index >= 15 is 0 Å². The predicted molar refractivity (Wildman–Crippen MR) is 109 cm³/mol. The van der Waals surface area contributed by atoms with Crippen LogP contribution in [0.2, 0.25) is 0 Å². The highest BCUT2D eigenvalue weighted by atomic mass is 16.7. The summed E-state index contributed by atoms with van der Waals surface area (Å²) in [7, 11) is 0. The lowest BCUT2D eigenvalue weighted by atomic mass is 10.2. The summed E-state index contributed by atoms with van der Waals surface area (Å²) in [6, 6.07) is 17.9. The molecule has 6 nitrogen and oxygen atoms in total. The molecule has 0 saturated carbocycles. The molecule has 0 spiro atoms. The molecule has 0 radical (unpaired) electrons. The Bertz CT molecular complexity index is 916. The van der Waals surface area contributed by atoms with Gasteiger partial charge in [-0.25, -0.2) is 0 Å². The van der Waals surface area contributed by atoms with Crippen molar-refractivity contribution in [1.29, 1.82) is 0 Å². The molecule has 2 aromatic carbocycles. The molecule has 0 fully saturated rings. The van der Waals surface area contributed by atoms with Gasteiger partial charge in [-0.3, -0.25) is 9.88 Å². The number of aliphatic hydroxyl groups excluding tert-OH is 1. The second-order valence-electron chi connectivity index (χ2n) is 6.92. The Hall–Kier alpha value is -3.09. The molecule has 0 amide bonds. The molecule has 0 atom stereocenters. The van der Waals surface area contributed by atoms with E-state index in [1.807, 2.05) is 48.7 Å². The molecule has 2 heterocycles. The summed E-state index contributed by atoms with van der Waals surface area (Å²) in [5.74, 6) is 2.35. The molecule has 1 aliphatic rings. The first-order valence-corrected chi connectivity index (χ1v) is 9.62. The summed E-state index contributed by atoms with van der Waals surface area (Å²) in [6.07, 6.45) is 3.62. The third kappa shape index (κ3) is 5.25. The summed E-state index contributed by atoms with van der Waals surface area (Å²) in [5.41, 5.74) is 3.33. The maximum Gasteiger partial charge on any atom is 0.231 e. The highest BCUT2D eigenvalue weighted by Crippen LogP contribution is 2.32. The SMILES string of the molecule is OCCN(Cc1ccc(OCc2ccc3c(c2)OCO3)cc1)Cc1cccnc1. The van der Waals surface area contributed by atoms with Crippen LogP contribution in [0.5, 0.6) is 17.2 Å². The molecule has 4 rings (SSSR count). The van der Waals surface area contributed by atoms with E-state index in [-0.39, 0.29) is 13.4 Å². The van der Waals surface area contributed by atoms with E-state index in [4.69, 9.17) is 14.2 Å². The molecule has 0 saturated heterocycles. The van der Waals surface area contributed by atoms with E-state index in [2.05, 4.69) is 22.0 Å². The van der Waals surface area contributed by atoms with Crippen molar-refractivity contribution < 1.29 is 19.3 Å². The van der Waals surface area contributed by atoms with Crippen LogP contribution in [0.4, 0.5) is 0 Å². The number of hydrogen-bond acceptors (Lipinski definition) is 6.